The van der Waals surface area contributed by atoms with Crippen LogP contribution in [-0.4, -0.2) is 19.0 Å². The van der Waals surface area contributed by atoms with Gasteiger partial charge in [-0.2, -0.15) is 0 Å². The lowest BCUT2D eigenvalue weighted by molar-refractivity contribution is -0.115. The maximum absolute atomic E-state index is 11.6. The van der Waals surface area contributed by atoms with Crippen LogP contribution in [0.1, 0.15) is 41.0 Å². The fourth-order valence-electron chi connectivity index (χ4n) is 3.28. The molecule has 1 amide bonds. The van der Waals surface area contributed by atoms with E-state index in [0.717, 1.165) is 18.8 Å². The SMILES string of the molecule is Cc1cc2c(c(C3CCNCC3)c1C)NC(=O)C2. The molecule has 1 aromatic carbocycles. The fourth-order valence-corrected chi connectivity index (χ4v) is 3.28. The highest BCUT2D eigenvalue weighted by Gasteiger charge is 2.28. The molecule has 96 valence electrons. The molecule has 0 aromatic heterocycles. The van der Waals surface area contributed by atoms with E-state index in [1.807, 2.05) is 0 Å². The number of amides is 1. The van der Waals surface area contributed by atoms with Gasteiger partial charge in [-0.3, -0.25) is 4.79 Å². The highest BCUT2D eigenvalue weighted by molar-refractivity contribution is 6.00. The van der Waals surface area contributed by atoms with E-state index in [4.69, 9.17) is 0 Å². The number of anilines is 1. The van der Waals surface area contributed by atoms with Gasteiger partial charge in [-0.05, 0) is 68.0 Å². The minimum atomic E-state index is 0.144. The third-order valence-corrected chi connectivity index (χ3v) is 4.34. The summed E-state index contributed by atoms with van der Waals surface area (Å²) in [5, 5.41) is 6.48. The molecule has 0 atom stereocenters. The van der Waals surface area contributed by atoms with E-state index < -0.39 is 0 Å². The Hall–Kier alpha value is -1.35. The third-order valence-electron chi connectivity index (χ3n) is 4.34. The highest BCUT2D eigenvalue weighted by atomic mass is 16.1. The van der Waals surface area contributed by atoms with Crippen molar-refractivity contribution in [3.63, 3.8) is 0 Å². The largest absolute Gasteiger partial charge is 0.325 e. The molecule has 0 saturated carbocycles. The Kier molecular flexibility index (Phi) is 2.86. The van der Waals surface area contributed by atoms with Crippen molar-refractivity contribution in [2.75, 3.05) is 18.4 Å². The van der Waals surface area contributed by atoms with Gasteiger partial charge in [0.25, 0.3) is 0 Å². The van der Waals surface area contributed by atoms with Crippen molar-refractivity contribution in [1.29, 1.82) is 0 Å². The summed E-state index contributed by atoms with van der Waals surface area (Å²) in [6.07, 6.45) is 2.90. The summed E-state index contributed by atoms with van der Waals surface area (Å²) in [4.78, 5) is 11.6. The summed E-state index contributed by atoms with van der Waals surface area (Å²) in [5.41, 5.74) is 6.39. The number of carbonyl (C=O) groups excluding carboxylic acids is 1. The van der Waals surface area contributed by atoms with Crippen LogP contribution in [-0.2, 0) is 11.2 Å². The predicted octanol–water partition coefficient (Wildman–Crippen LogP) is 2.27. The second-order valence-corrected chi connectivity index (χ2v) is 5.52. The van der Waals surface area contributed by atoms with E-state index in [2.05, 4.69) is 30.5 Å². The lowest BCUT2D eigenvalue weighted by Crippen LogP contribution is -2.27. The standard InChI is InChI=1S/C15H20N2O/c1-9-7-12-8-13(18)17-15(12)14(10(9)2)11-3-5-16-6-4-11/h7,11,16H,3-6,8H2,1-2H3,(H,17,18). The van der Waals surface area contributed by atoms with E-state index in [9.17, 15) is 4.79 Å². The Bertz CT molecular complexity index is 502. The molecule has 2 heterocycles. The number of hydrogen-bond acceptors (Lipinski definition) is 2. The monoisotopic (exact) mass is 244 g/mol. The summed E-state index contributed by atoms with van der Waals surface area (Å²) in [6.45, 7) is 6.52. The van der Waals surface area contributed by atoms with Crippen molar-refractivity contribution < 1.29 is 4.79 Å². The molecular weight excluding hydrogens is 224 g/mol. The van der Waals surface area contributed by atoms with Gasteiger partial charge < -0.3 is 10.6 Å². The zero-order valence-corrected chi connectivity index (χ0v) is 11.1. The number of benzene rings is 1. The molecule has 1 fully saturated rings. The molecule has 0 aliphatic carbocycles. The van der Waals surface area contributed by atoms with Crippen LogP contribution >= 0.6 is 0 Å². The van der Waals surface area contributed by atoms with Crippen LogP contribution in [0.25, 0.3) is 0 Å². The summed E-state index contributed by atoms with van der Waals surface area (Å²) in [5.74, 6) is 0.739. The first kappa shape index (κ1) is 11.7. The van der Waals surface area contributed by atoms with Crippen LogP contribution in [0, 0.1) is 13.8 Å². The van der Waals surface area contributed by atoms with Crippen molar-refractivity contribution in [3.05, 3.63) is 28.3 Å². The summed E-state index contributed by atoms with van der Waals surface area (Å²) >= 11 is 0. The molecule has 0 radical (unpaired) electrons. The summed E-state index contributed by atoms with van der Waals surface area (Å²) in [7, 11) is 0. The van der Waals surface area contributed by atoms with Crippen LogP contribution in [0.5, 0.6) is 0 Å². The first-order valence-electron chi connectivity index (χ1n) is 6.80. The van der Waals surface area contributed by atoms with E-state index in [1.165, 1.54) is 35.1 Å². The molecule has 0 bridgehead atoms. The van der Waals surface area contributed by atoms with Crippen molar-refractivity contribution in [2.45, 2.75) is 39.0 Å². The molecule has 3 heteroatoms. The summed E-state index contributed by atoms with van der Waals surface area (Å²) in [6, 6.07) is 2.17. The Labute approximate surface area is 108 Å². The molecule has 2 aliphatic heterocycles. The van der Waals surface area contributed by atoms with Gasteiger partial charge in [0.15, 0.2) is 0 Å². The van der Waals surface area contributed by atoms with Crippen LogP contribution in [0.15, 0.2) is 6.07 Å². The Morgan fingerprint density at radius 2 is 1.94 bits per heavy atom. The topological polar surface area (TPSA) is 41.1 Å². The van der Waals surface area contributed by atoms with Crippen molar-refractivity contribution in [3.8, 4) is 0 Å². The minimum Gasteiger partial charge on any atom is -0.325 e. The molecule has 0 spiro atoms. The van der Waals surface area contributed by atoms with E-state index in [-0.39, 0.29) is 5.91 Å². The molecular formula is C15H20N2O. The molecule has 0 unspecified atom stereocenters. The number of rotatable bonds is 1. The van der Waals surface area contributed by atoms with Gasteiger partial charge in [0, 0.05) is 5.69 Å². The van der Waals surface area contributed by atoms with E-state index in [0.29, 0.717) is 12.3 Å². The molecule has 3 nitrogen and oxygen atoms in total. The van der Waals surface area contributed by atoms with E-state index in [1.54, 1.807) is 0 Å². The lowest BCUT2D eigenvalue weighted by Gasteiger charge is -2.27. The molecule has 18 heavy (non-hydrogen) atoms. The third kappa shape index (κ3) is 1.83. The molecule has 2 aliphatic rings. The number of carbonyl (C=O) groups is 1. The average molecular weight is 244 g/mol. The number of fused-ring (bicyclic) bond motifs is 1. The van der Waals surface area contributed by atoms with Gasteiger partial charge in [-0.1, -0.05) is 6.07 Å². The first-order valence-corrected chi connectivity index (χ1v) is 6.80. The van der Waals surface area contributed by atoms with Crippen LogP contribution in [0.2, 0.25) is 0 Å². The van der Waals surface area contributed by atoms with Gasteiger partial charge in [-0.15, -0.1) is 0 Å². The second-order valence-electron chi connectivity index (χ2n) is 5.52. The van der Waals surface area contributed by atoms with E-state index >= 15 is 0 Å². The zero-order chi connectivity index (χ0) is 12.7. The Balaban J connectivity index is 2.09. The number of nitrogens with one attached hydrogen (secondary N) is 2. The van der Waals surface area contributed by atoms with Gasteiger partial charge >= 0.3 is 0 Å². The smallest absolute Gasteiger partial charge is 0.228 e. The first-order chi connectivity index (χ1) is 8.66. The maximum Gasteiger partial charge on any atom is 0.228 e. The van der Waals surface area contributed by atoms with Gasteiger partial charge in [-0.25, -0.2) is 0 Å². The maximum atomic E-state index is 11.6. The molecule has 1 saturated heterocycles. The summed E-state index contributed by atoms with van der Waals surface area (Å²) < 4.78 is 0. The van der Waals surface area contributed by atoms with Crippen LogP contribution in [0.3, 0.4) is 0 Å². The molecule has 1 aromatic rings. The normalized spacial score (nSPS) is 19.8. The molecule has 2 N–H and O–H groups in total. The Morgan fingerprint density at radius 3 is 2.67 bits per heavy atom. The number of piperidine rings is 1. The number of hydrogen-bond donors (Lipinski definition) is 2. The zero-order valence-electron chi connectivity index (χ0n) is 11.1. The van der Waals surface area contributed by atoms with Crippen molar-refractivity contribution in [2.24, 2.45) is 0 Å². The second kappa shape index (κ2) is 4.39. The van der Waals surface area contributed by atoms with Gasteiger partial charge in [0.2, 0.25) is 5.91 Å². The average Bonchev–Trinajstić information content (AvgIpc) is 2.71. The Morgan fingerprint density at radius 1 is 1.22 bits per heavy atom. The lowest BCUT2D eigenvalue weighted by atomic mass is 9.83. The van der Waals surface area contributed by atoms with Crippen LogP contribution < -0.4 is 10.6 Å². The fraction of sp³-hybridized carbons (Fsp3) is 0.533. The quantitative estimate of drug-likeness (QED) is 0.795. The van der Waals surface area contributed by atoms with Crippen LogP contribution in [0.4, 0.5) is 5.69 Å². The predicted molar refractivity (Wildman–Crippen MR) is 73.1 cm³/mol. The minimum absolute atomic E-state index is 0.144. The highest BCUT2D eigenvalue weighted by Crippen LogP contribution is 2.39. The number of aryl methyl sites for hydroxylation is 1. The van der Waals surface area contributed by atoms with Crippen molar-refractivity contribution >= 4 is 11.6 Å². The van der Waals surface area contributed by atoms with Crippen molar-refractivity contribution in [1.82, 2.24) is 5.32 Å². The van der Waals surface area contributed by atoms with Gasteiger partial charge in [0.1, 0.15) is 0 Å². The van der Waals surface area contributed by atoms with Gasteiger partial charge in [0.05, 0.1) is 6.42 Å². The molecule has 3 rings (SSSR count).